The zero-order chi connectivity index (χ0) is 13.6. The van der Waals surface area contributed by atoms with Gasteiger partial charge in [-0.15, -0.1) is 0 Å². The van der Waals surface area contributed by atoms with Gasteiger partial charge in [0.1, 0.15) is 5.69 Å². The summed E-state index contributed by atoms with van der Waals surface area (Å²) in [6.45, 7) is 5.94. The van der Waals surface area contributed by atoms with Crippen molar-refractivity contribution in [1.29, 1.82) is 0 Å². The van der Waals surface area contributed by atoms with Gasteiger partial charge in [0.2, 0.25) is 0 Å². The maximum absolute atomic E-state index is 12.6. The molecule has 1 aromatic heterocycles. The first kappa shape index (κ1) is 12.7. The summed E-state index contributed by atoms with van der Waals surface area (Å²) in [7, 11) is 0. The van der Waals surface area contributed by atoms with E-state index in [1.165, 1.54) is 6.42 Å². The summed E-state index contributed by atoms with van der Waals surface area (Å²) in [5.41, 5.74) is 6.94. The molecule has 2 N–H and O–H groups in total. The Balaban J connectivity index is 1.77. The van der Waals surface area contributed by atoms with E-state index in [4.69, 9.17) is 5.73 Å². The van der Waals surface area contributed by atoms with Gasteiger partial charge in [-0.25, -0.2) is 0 Å². The van der Waals surface area contributed by atoms with Crippen molar-refractivity contribution in [3.63, 3.8) is 0 Å². The molecule has 3 rings (SSSR count). The lowest BCUT2D eigenvalue weighted by Gasteiger charge is -2.21. The van der Waals surface area contributed by atoms with Gasteiger partial charge in [0.25, 0.3) is 5.91 Å². The number of rotatable bonds is 2. The lowest BCUT2D eigenvalue weighted by Crippen LogP contribution is -2.34. The minimum Gasteiger partial charge on any atom is -0.341 e. The molecule has 3 unspecified atom stereocenters. The standard InChI is InChI=1S/C15H23N3O/c1-10(2)18-7-3-4-14(18)15(19)17-8-11-5-6-13(16)12(11)9-17/h3-4,7,10-13H,5-6,8-9,16H2,1-2H3. The van der Waals surface area contributed by atoms with E-state index in [9.17, 15) is 4.79 Å². The molecule has 0 bridgehead atoms. The van der Waals surface area contributed by atoms with Crippen molar-refractivity contribution in [1.82, 2.24) is 9.47 Å². The molecule has 4 heteroatoms. The Labute approximate surface area is 114 Å². The first-order valence-electron chi connectivity index (χ1n) is 7.29. The van der Waals surface area contributed by atoms with Crippen LogP contribution in [0, 0.1) is 11.8 Å². The van der Waals surface area contributed by atoms with Crippen LogP contribution >= 0.6 is 0 Å². The predicted molar refractivity (Wildman–Crippen MR) is 74.9 cm³/mol. The number of aromatic nitrogens is 1. The topological polar surface area (TPSA) is 51.3 Å². The van der Waals surface area contributed by atoms with Crippen molar-refractivity contribution in [3.05, 3.63) is 24.0 Å². The maximum Gasteiger partial charge on any atom is 0.270 e. The fraction of sp³-hybridized carbons (Fsp3) is 0.667. The van der Waals surface area contributed by atoms with E-state index in [1.54, 1.807) is 0 Å². The molecule has 3 atom stereocenters. The highest BCUT2D eigenvalue weighted by Gasteiger charge is 2.42. The van der Waals surface area contributed by atoms with Crippen molar-refractivity contribution in [3.8, 4) is 0 Å². The Morgan fingerprint density at radius 1 is 1.37 bits per heavy atom. The van der Waals surface area contributed by atoms with Crippen LogP contribution in [-0.2, 0) is 0 Å². The lowest BCUT2D eigenvalue weighted by atomic mass is 9.98. The molecule has 1 aromatic rings. The van der Waals surface area contributed by atoms with Crippen molar-refractivity contribution in [2.45, 2.75) is 38.8 Å². The summed E-state index contributed by atoms with van der Waals surface area (Å²) >= 11 is 0. The number of nitrogens with two attached hydrogens (primary N) is 1. The van der Waals surface area contributed by atoms with Crippen LogP contribution in [0.4, 0.5) is 0 Å². The molecule has 1 amide bonds. The SMILES string of the molecule is CC(C)n1cccc1C(=O)N1CC2CCC(N)C2C1. The normalized spacial score (nSPS) is 30.1. The molecule has 1 aliphatic heterocycles. The monoisotopic (exact) mass is 261 g/mol. The highest BCUT2D eigenvalue weighted by Crippen LogP contribution is 2.37. The molecule has 2 heterocycles. The van der Waals surface area contributed by atoms with E-state index < -0.39 is 0 Å². The van der Waals surface area contributed by atoms with Gasteiger partial charge >= 0.3 is 0 Å². The second-order valence-electron chi connectivity index (χ2n) is 6.27. The Bertz CT molecular complexity index is 479. The number of carbonyl (C=O) groups is 1. The quantitative estimate of drug-likeness (QED) is 0.883. The third-order valence-corrected chi connectivity index (χ3v) is 4.75. The van der Waals surface area contributed by atoms with Crippen LogP contribution in [0.3, 0.4) is 0 Å². The van der Waals surface area contributed by atoms with Crippen LogP contribution in [-0.4, -0.2) is 34.5 Å². The number of fused-ring (bicyclic) bond motifs is 1. The third-order valence-electron chi connectivity index (χ3n) is 4.75. The van der Waals surface area contributed by atoms with Crippen molar-refractivity contribution in [2.75, 3.05) is 13.1 Å². The van der Waals surface area contributed by atoms with E-state index in [1.807, 2.05) is 23.2 Å². The Kier molecular flexibility index (Phi) is 3.13. The van der Waals surface area contributed by atoms with Gasteiger partial charge in [0, 0.05) is 31.4 Å². The molecular weight excluding hydrogens is 238 g/mol. The maximum atomic E-state index is 12.6. The van der Waals surface area contributed by atoms with E-state index in [2.05, 4.69) is 18.4 Å². The van der Waals surface area contributed by atoms with Crippen LogP contribution in [0.1, 0.15) is 43.2 Å². The summed E-state index contributed by atoms with van der Waals surface area (Å²) in [4.78, 5) is 14.6. The molecule has 1 aliphatic carbocycles. The largest absolute Gasteiger partial charge is 0.341 e. The first-order chi connectivity index (χ1) is 9.08. The molecule has 0 spiro atoms. The van der Waals surface area contributed by atoms with Gasteiger partial charge in [-0.2, -0.15) is 0 Å². The number of hydrogen-bond acceptors (Lipinski definition) is 2. The van der Waals surface area contributed by atoms with Crippen molar-refractivity contribution in [2.24, 2.45) is 17.6 Å². The number of nitrogens with zero attached hydrogens (tertiary/aromatic N) is 2. The molecule has 1 saturated heterocycles. The van der Waals surface area contributed by atoms with E-state index in [0.717, 1.165) is 25.2 Å². The number of hydrogen-bond donors (Lipinski definition) is 1. The van der Waals surface area contributed by atoms with Crippen LogP contribution in [0.15, 0.2) is 18.3 Å². The molecule has 2 fully saturated rings. The fourth-order valence-electron chi connectivity index (χ4n) is 3.66. The van der Waals surface area contributed by atoms with Gasteiger partial charge in [-0.05, 0) is 50.7 Å². The van der Waals surface area contributed by atoms with Crippen LogP contribution in [0.2, 0.25) is 0 Å². The molecule has 19 heavy (non-hydrogen) atoms. The van der Waals surface area contributed by atoms with Gasteiger partial charge in [0.15, 0.2) is 0 Å². The predicted octanol–water partition coefficient (Wildman–Crippen LogP) is 1.88. The Morgan fingerprint density at radius 2 is 2.16 bits per heavy atom. The summed E-state index contributed by atoms with van der Waals surface area (Å²) in [6, 6.07) is 4.49. The zero-order valence-electron chi connectivity index (χ0n) is 11.7. The van der Waals surface area contributed by atoms with Gasteiger partial charge in [-0.3, -0.25) is 4.79 Å². The van der Waals surface area contributed by atoms with Crippen molar-refractivity contribution < 1.29 is 4.79 Å². The molecule has 0 radical (unpaired) electrons. The highest BCUT2D eigenvalue weighted by molar-refractivity contribution is 5.93. The average molecular weight is 261 g/mol. The lowest BCUT2D eigenvalue weighted by molar-refractivity contribution is 0.0767. The summed E-state index contributed by atoms with van der Waals surface area (Å²) in [5.74, 6) is 1.31. The first-order valence-corrected chi connectivity index (χ1v) is 7.29. The van der Waals surface area contributed by atoms with Crippen LogP contribution in [0.5, 0.6) is 0 Å². The van der Waals surface area contributed by atoms with E-state index in [-0.39, 0.29) is 5.91 Å². The minimum absolute atomic E-state index is 0.167. The Morgan fingerprint density at radius 3 is 2.84 bits per heavy atom. The molecular formula is C15H23N3O. The summed E-state index contributed by atoms with van der Waals surface area (Å²) in [6.07, 6.45) is 4.29. The summed E-state index contributed by atoms with van der Waals surface area (Å²) < 4.78 is 2.05. The van der Waals surface area contributed by atoms with E-state index in [0.29, 0.717) is 23.9 Å². The molecule has 4 nitrogen and oxygen atoms in total. The van der Waals surface area contributed by atoms with Gasteiger partial charge in [0.05, 0.1) is 0 Å². The zero-order valence-corrected chi connectivity index (χ0v) is 11.7. The van der Waals surface area contributed by atoms with Crippen molar-refractivity contribution >= 4 is 5.91 Å². The number of carbonyl (C=O) groups excluding carboxylic acids is 1. The second kappa shape index (κ2) is 4.67. The number of amides is 1. The van der Waals surface area contributed by atoms with Gasteiger partial charge < -0.3 is 15.2 Å². The molecule has 2 aliphatic rings. The minimum atomic E-state index is 0.167. The van der Waals surface area contributed by atoms with Crippen LogP contribution < -0.4 is 5.73 Å². The highest BCUT2D eigenvalue weighted by atomic mass is 16.2. The molecule has 1 saturated carbocycles. The number of likely N-dealkylation sites (tertiary alicyclic amines) is 1. The van der Waals surface area contributed by atoms with Gasteiger partial charge in [-0.1, -0.05) is 0 Å². The third kappa shape index (κ3) is 2.08. The molecule has 104 valence electrons. The van der Waals surface area contributed by atoms with Crippen LogP contribution in [0.25, 0.3) is 0 Å². The second-order valence-corrected chi connectivity index (χ2v) is 6.27. The fourth-order valence-corrected chi connectivity index (χ4v) is 3.66. The smallest absolute Gasteiger partial charge is 0.270 e. The Hall–Kier alpha value is -1.29. The summed E-state index contributed by atoms with van der Waals surface area (Å²) in [5, 5.41) is 0. The average Bonchev–Trinajstić information content (AvgIpc) is 3.05. The molecule has 0 aromatic carbocycles. The van der Waals surface area contributed by atoms with E-state index >= 15 is 0 Å².